The van der Waals surface area contributed by atoms with E-state index in [0.717, 1.165) is 17.7 Å². The molecule has 0 bridgehead atoms. The molecule has 28 heavy (non-hydrogen) atoms. The average Bonchev–Trinajstić information content (AvgIpc) is 3.14. The van der Waals surface area contributed by atoms with Gasteiger partial charge in [-0.2, -0.15) is 5.10 Å². The fraction of sp³-hybridized carbons (Fsp3) is 0.0952. The third-order valence-electron chi connectivity index (χ3n) is 4.20. The van der Waals surface area contributed by atoms with Crippen LogP contribution in [-0.4, -0.2) is 27.2 Å². The first-order valence-corrected chi connectivity index (χ1v) is 8.65. The molecule has 0 amide bonds. The number of nitrogens with zero attached hydrogens (tertiary/aromatic N) is 3. The summed E-state index contributed by atoms with van der Waals surface area (Å²) in [4.78, 5) is 16.5. The van der Waals surface area contributed by atoms with Gasteiger partial charge in [-0.3, -0.25) is 0 Å². The highest BCUT2D eigenvalue weighted by Crippen LogP contribution is 2.26. The van der Waals surface area contributed by atoms with Crippen LogP contribution in [0.2, 0.25) is 0 Å². The minimum atomic E-state index is -0.990. The summed E-state index contributed by atoms with van der Waals surface area (Å²) >= 11 is 0. The van der Waals surface area contributed by atoms with E-state index in [1.54, 1.807) is 13.0 Å². The summed E-state index contributed by atoms with van der Waals surface area (Å²) in [5.41, 5.74) is 2.71. The number of aromatic nitrogens is 3. The van der Waals surface area contributed by atoms with Crippen LogP contribution in [0.15, 0.2) is 60.7 Å². The highest BCUT2D eigenvalue weighted by molar-refractivity contribution is 5.89. The molecule has 0 radical (unpaired) electrons. The Balaban J connectivity index is 1.95. The maximum atomic E-state index is 13.8. The van der Waals surface area contributed by atoms with Gasteiger partial charge in [0.25, 0.3) is 0 Å². The predicted molar refractivity (Wildman–Crippen MR) is 99.7 cm³/mol. The van der Waals surface area contributed by atoms with Crippen molar-refractivity contribution in [1.82, 2.24) is 14.6 Å². The second kappa shape index (κ2) is 7.19. The molecule has 2 aromatic carbocycles. The summed E-state index contributed by atoms with van der Waals surface area (Å²) in [5, 5.41) is 4.54. The molecule has 4 rings (SSSR count). The molecule has 0 saturated heterocycles. The number of esters is 1. The van der Waals surface area contributed by atoms with Gasteiger partial charge in [0.15, 0.2) is 23.0 Å². The van der Waals surface area contributed by atoms with E-state index in [2.05, 4.69) is 10.1 Å². The highest BCUT2D eigenvalue weighted by atomic mass is 19.2. The molecule has 0 aliphatic rings. The molecule has 4 aromatic rings. The van der Waals surface area contributed by atoms with Gasteiger partial charge < -0.3 is 4.74 Å². The van der Waals surface area contributed by atoms with Crippen molar-refractivity contribution >= 4 is 11.6 Å². The van der Waals surface area contributed by atoms with E-state index in [4.69, 9.17) is 4.74 Å². The van der Waals surface area contributed by atoms with Crippen molar-refractivity contribution < 1.29 is 18.3 Å². The Labute approximate surface area is 159 Å². The van der Waals surface area contributed by atoms with E-state index in [1.807, 2.05) is 30.3 Å². The summed E-state index contributed by atoms with van der Waals surface area (Å²) in [6.45, 7) is 1.89. The van der Waals surface area contributed by atoms with Crippen molar-refractivity contribution in [2.45, 2.75) is 6.92 Å². The van der Waals surface area contributed by atoms with Gasteiger partial charge in [-0.1, -0.05) is 30.3 Å². The van der Waals surface area contributed by atoms with Crippen LogP contribution in [0.4, 0.5) is 8.78 Å². The van der Waals surface area contributed by atoms with E-state index in [0.29, 0.717) is 22.6 Å². The van der Waals surface area contributed by atoms with Gasteiger partial charge in [0.2, 0.25) is 0 Å². The Hall–Kier alpha value is -3.61. The van der Waals surface area contributed by atoms with Crippen LogP contribution >= 0.6 is 0 Å². The number of fused-ring (bicyclic) bond motifs is 1. The first-order valence-electron chi connectivity index (χ1n) is 8.65. The number of ether oxygens (including phenoxy) is 1. The van der Waals surface area contributed by atoms with Crippen molar-refractivity contribution in [2.24, 2.45) is 0 Å². The molecule has 0 aliphatic heterocycles. The molecule has 5 nitrogen and oxygen atoms in total. The molecule has 0 spiro atoms. The lowest BCUT2D eigenvalue weighted by atomic mass is 10.1. The first-order chi connectivity index (χ1) is 13.6. The lowest BCUT2D eigenvalue weighted by molar-refractivity contribution is 0.0519. The Bertz CT molecular complexity index is 1170. The van der Waals surface area contributed by atoms with Crippen LogP contribution in [0.1, 0.15) is 17.4 Å². The van der Waals surface area contributed by atoms with E-state index in [9.17, 15) is 13.6 Å². The highest BCUT2D eigenvalue weighted by Gasteiger charge is 2.17. The van der Waals surface area contributed by atoms with Crippen molar-refractivity contribution in [3.05, 3.63) is 78.0 Å². The van der Waals surface area contributed by atoms with Crippen LogP contribution < -0.4 is 0 Å². The smallest absolute Gasteiger partial charge is 0.357 e. The lowest BCUT2D eigenvalue weighted by Crippen LogP contribution is -2.09. The molecular weight excluding hydrogens is 364 g/mol. The average molecular weight is 379 g/mol. The molecule has 0 saturated carbocycles. The van der Waals surface area contributed by atoms with E-state index in [1.165, 1.54) is 16.6 Å². The maximum Gasteiger partial charge on any atom is 0.357 e. The van der Waals surface area contributed by atoms with Gasteiger partial charge in [-0.05, 0) is 31.2 Å². The molecule has 0 N–H and O–H groups in total. The number of rotatable bonds is 4. The number of carbonyl (C=O) groups excluding carboxylic acids is 1. The molecule has 2 aromatic heterocycles. The minimum Gasteiger partial charge on any atom is -0.461 e. The quantitative estimate of drug-likeness (QED) is 0.489. The Kier molecular flexibility index (Phi) is 4.57. The monoisotopic (exact) mass is 379 g/mol. The summed E-state index contributed by atoms with van der Waals surface area (Å²) in [6.07, 6.45) is 0. The first kappa shape index (κ1) is 17.8. The van der Waals surface area contributed by atoms with Crippen LogP contribution in [0.25, 0.3) is 28.2 Å². The van der Waals surface area contributed by atoms with Crippen LogP contribution in [0, 0.1) is 11.6 Å². The SMILES string of the molecule is CCOC(=O)c1cc(-c2ccc(F)c(F)c2)n2nc(-c3ccccc3)cc2n1. The number of hydrogen-bond donors (Lipinski definition) is 0. The Morgan fingerprint density at radius 1 is 1.00 bits per heavy atom. The second-order valence-corrected chi connectivity index (χ2v) is 6.04. The topological polar surface area (TPSA) is 56.5 Å². The molecular formula is C21H15F2N3O2. The van der Waals surface area contributed by atoms with Crippen molar-refractivity contribution in [2.75, 3.05) is 6.61 Å². The third kappa shape index (κ3) is 3.22. The maximum absolute atomic E-state index is 13.8. The summed E-state index contributed by atoms with van der Waals surface area (Å²) in [5.74, 6) is -2.54. The molecule has 7 heteroatoms. The number of halogens is 2. The van der Waals surface area contributed by atoms with Gasteiger partial charge in [0.05, 0.1) is 18.0 Å². The lowest BCUT2D eigenvalue weighted by Gasteiger charge is -2.08. The van der Waals surface area contributed by atoms with Gasteiger partial charge >= 0.3 is 5.97 Å². The van der Waals surface area contributed by atoms with Crippen molar-refractivity contribution in [1.29, 1.82) is 0 Å². The van der Waals surface area contributed by atoms with Gasteiger partial charge in [-0.25, -0.2) is 23.1 Å². The zero-order chi connectivity index (χ0) is 19.7. The fourth-order valence-electron chi connectivity index (χ4n) is 2.90. The Morgan fingerprint density at radius 2 is 1.79 bits per heavy atom. The Morgan fingerprint density at radius 3 is 2.50 bits per heavy atom. The molecule has 0 atom stereocenters. The van der Waals surface area contributed by atoms with Gasteiger partial charge in [0, 0.05) is 17.2 Å². The van der Waals surface area contributed by atoms with E-state index < -0.39 is 17.6 Å². The zero-order valence-electron chi connectivity index (χ0n) is 14.9. The molecule has 140 valence electrons. The number of benzene rings is 2. The van der Waals surface area contributed by atoms with Crippen LogP contribution in [-0.2, 0) is 4.74 Å². The van der Waals surface area contributed by atoms with Crippen molar-refractivity contribution in [3.8, 4) is 22.5 Å². The van der Waals surface area contributed by atoms with Gasteiger partial charge in [0.1, 0.15) is 0 Å². The fourth-order valence-corrected chi connectivity index (χ4v) is 2.90. The summed E-state index contributed by atoms with van der Waals surface area (Å²) in [7, 11) is 0. The molecule has 0 aliphatic carbocycles. The predicted octanol–water partition coefficient (Wildman–Crippen LogP) is 4.52. The van der Waals surface area contributed by atoms with E-state index >= 15 is 0 Å². The second-order valence-electron chi connectivity index (χ2n) is 6.04. The third-order valence-corrected chi connectivity index (χ3v) is 4.20. The van der Waals surface area contributed by atoms with Crippen LogP contribution in [0.3, 0.4) is 0 Å². The van der Waals surface area contributed by atoms with Gasteiger partial charge in [-0.15, -0.1) is 0 Å². The standard InChI is InChI=1S/C21H15F2N3O2/c1-2-28-21(27)18-11-19(14-8-9-15(22)16(23)10-14)26-20(24-18)12-17(25-26)13-6-4-3-5-7-13/h3-12H,2H2,1H3. The largest absolute Gasteiger partial charge is 0.461 e. The summed E-state index contributed by atoms with van der Waals surface area (Å²) in [6, 6.07) is 16.1. The number of carbonyl (C=O) groups is 1. The summed E-state index contributed by atoms with van der Waals surface area (Å²) < 4.78 is 33.7. The molecule has 0 unspecified atom stereocenters. The van der Waals surface area contributed by atoms with Crippen molar-refractivity contribution in [3.63, 3.8) is 0 Å². The molecule has 2 heterocycles. The number of hydrogen-bond acceptors (Lipinski definition) is 4. The minimum absolute atomic E-state index is 0.0635. The normalized spacial score (nSPS) is 11.0. The van der Waals surface area contributed by atoms with Crippen LogP contribution in [0.5, 0.6) is 0 Å². The zero-order valence-corrected chi connectivity index (χ0v) is 14.9. The molecule has 0 fully saturated rings. The van der Waals surface area contributed by atoms with E-state index in [-0.39, 0.29) is 12.3 Å².